The monoisotopic (exact) mass is 365 g/mol. The molecule has 0 aliphatic rings. The molecule has 5 nitrogen and oxygen atoms in total. The van der Waals surface area contributed by atoms with Gasteiger partial charge in [-0.15, -0.1) is 0 Å². The minimum atomic E-state index is -0.628. The van der Waals surface area contributed by atoms with E-state index in [1.54, 1.807) is 29.7 Å². The van der Waals surface area contributed by atoms with E-state index in [2.05, 4.69) is 15.9 Å². The molecule has 0 aliphatic carbocycles. The van der Waals surface area contributed by atoms with E-state index in [1.165, 1.54) is 6.20 Å². The van der Waals surface area contributed by atoms with Crippen LogP contribution in [0.15, 0.2) is 29.2 Å². The van der Waals surface area contributed by atoms with Gasteiger partial charge in [0.2, 0.25) is 5.43 Å². The summed E-state index contributed by atoms with van der Waals surface area (Å²) in [6.07, 6.45) is 1.49. The van der Waals surface area contributed by atoms with Crippen molar-refractivity contribution in [1.29, 1.82) is 0 Å². The Bertz CT molecular complexity index is 795. The molecule has 2 rings (SSSR count). The summed E-state index contributed by atoms with van der Waals surface area (Å²) in [6.45, 7) is 4.36. The maximum atomic E-state index is 12.5. The average molecular weight is 366 g/mol. The van der Waals surface area contributed by atoms with Crippen LogP contribution >= 0.6 is 15.9 Å². The van der Waals surface area contributed by atoms with Crippen LogP contribution in [0.2, 0.25) is 0 Å². The Morgan fingerprint density at radius 3 is 2.59 bits per heavy atom. The molecule has 0 aliphatic heterocycles. The van der Waals surface area contributed by atoms with Gasteiger partial charge < -0.3 is 9.30 Å². The lowest BCUT2D eigenvalue weighted by atomic mass is 10.1. The summed E-state index contributed by atoms with van der Waals surface area (Å²) in [5.74, 6) is -0.691. The number of ether oxygens (including phenoxy) is 1. The predicted octanol–water partition coefficient (Wildman–Crippen LogP) is 2.78. The van der Waals surface area contributed by atoms with Gasteiger partial charge in [0.15, 0.2) is 5.78 Å². The van der Waals surface area contributed by atoms with E-state index in [9.17, 15) is 14.4 Å². The number of Topliss-reactive ketones (excluding diaryl/α,β-unsaturated/α-hetero) is 1. The summed E-state index contributed by atoms with van der Waals surface area (Å²) in [5, 5.41) is 0.619. The van der Waals surface area contributed by atoms with E-state index >= 15 is 0 Å². The number of halogens is 1. The minimum Gasteiger partial charge on any atom is -0.462 e. The Kier molecular flexibility index (Phi) is 5.13. The third-order valence-corrected chi connectivity index (χ3v) is 3.87. The van der Waals surface area contributed by atoms with E-state index < -0.39 is 5.97 Å². The summed E-state index contributed by atoms with van der Waals surface area (Å²) < 4.78 is 6.70. The van der Waals surface area contributed by atoms with Gasteiger partial charge in [0.1, 0.15) is 5.56 Å². The van der Waals surface area contributed by atoms with Crippen LogP contribution in [0.4, 0.5) is 0 Å². The number of aromatic nitrogens is 1. The highest BCUT2D eigenvalue weighted by atomic mass is 79.9. The number of aryl methyl sites for hydroxylation is 1. The van der Waals surface area contributed by atoms with Crippen molar-refractivity contribution in [2.75, 3.05) is 11.9 Å². The molecule has 0 saturated heterocycles. The number of hydrogen-bond acceptors (Lipinski definition) is 4. The lowest BCUT2D eigenvalue weighted by Gasteiger charge is -2.12. The molecule has 0 radical (unpaired) electrons. The minimum absolute atomic E-state index is 0.00997. The molecule has 22 heavy (non-hydrogen) atoms. The van der Waals surface area contributed by atoms with Gasteiger partial charge in [0, 0.05) is 23.7 Å². The van der Waals surface area contributed by atoms with Crippen molar-refractivity contribution in [3.8, 4) is 0 Å². The number of benzene rings is 1. The van der Waals surface area contributed by atoms with Crippen LogP contribution in [0, 0.1) is 0 Å². The van der Waals surface area contributed by atoms with Gasteiger partial charge in [0.05, 0.1) is 17.5 Å². The maximum Gasteiger partial charge on any atom is 0.343 e. The number of fused-ring (bicyclic) bond motifs is 1. The molecule has 116 valence electrons. The Morgan fingerprint density at radius 2 is 2.00 bits per heavy atom. The summed E-state index contributed by atoms with van der Waals surface area (Å²) >= 11 is 3.13. The van der Waals surface area contributed by atoms with Crippen molar-refractivity contribution in [3.05, 3.63) is 45.7 Å². The summed E-state index contributed by atoms with van der Waals surface area (Å²) in [7, 11) is 0. The molecule has 0 N–H and O–H groups in total. The molecule has 1 aromatic carbocycles. The molecule has 0 fully saturated rings. The number of rotatable bonds is 5. The number of ketones is 1. The first-order valence-corrected chi connectivity index (χ1v) is 8.09. The fourth-order valence-corrected chi connectivity index (χ4v) is 2.58. The van der Waals surface area contributed by atoms with Gasteiger partial charge in [0.25, 0.3) is 0 Å². The summed E-state index contributed by atoms with van der Waals surface area (Å²) in [5.41, 5.74) is 0.786. The average Bonchev–Trinajstić information content (AvgIpc) is 2.54. The number of nitrogens with zero attached hydrogens (tertiary/aromatic N) is 1. The summed E-state index contributed by atoms with van der Waals surface area (Å²) in [6, 6.07) is 4.86. The Labute approximate surface area is 136 Å². The van der Waals surface area contributed by atoms with Crippen molar-refractivity contribution in [2.24, 2.45) is 0 Å². The zero-order valence-electron chi connectivity index (χ0n) is 12.4. The highest BCUT2D eigenvalue weighted by Crippen LogP contribution is 2.16. The van der Waals surface area contributed by atoms with Crippen LogP contribution < -0.4 is 5.43 Å². The molecular formula is C16H16BrNO4. The van der Waals surface area contributed by atoms with Crippen molar-refractivity contribution in [1.82, 2.24) is 4.57 Å². The molecule has 0 amide bonds. The fourth-order valence-electron chi connectivity index (χ4n) is 2.26. The van der Waals surface area contributed by atoms with Gasteiger partial charge >= 0.3 is 5.97 Å². The first-order chi connectivity index (χ1) is 10.5. The first-order valence-electron chi connectivity index (χ1n) is 6.96. The molecule has 0 unspecified atom stereocenters. The van der Waals surface area contributed by atoms with E-state index in [0.29, 0.717) is 23.0 Å². The normalized spacial score (nSPS) is 10.7. The quantitative estimate of drug-likeness (QED) is 0.464. The number of alkyl halides is 1. The van der Waals surface area contributed by atoms with Gasteiger partial charge in [-0.1, -0.05) is 22.0 Å². The molecule has 0 atom stereocenters. The van der Waals surface area contributed by atoms with Gasteiger partial charge in [-0.05, 0) is 26.0 Å². The smallest absolute Gasteiger partial charge is 0.343 e. The van der Waals surface area contributed by atoms with E-state index in [1.807, 2.05) is 6.92 Å². The second-order valence-corrected chi connectivity index (χ2v) is 5.23. The number of esters is 1. The zero-order chi connectivity index (χ0) is 16.3. The molecule has 0 saturated carbocycles. The topological polar surface area (TPSA) is 65.4 Å². The molecule has 6 heteroatoms. The molecule has 0 spiro atoms. The van der Waals surface area contributed by atoms with Crippen LogP contribution in [-0.2, 0) is 11.3 Å². The lowest BCUT2D eigenvalue weighted by molar-refractivity contribution is 0.0524. The van der Waals surface area contributed by atoms with Crippen molar-refractivity contribution in [3.63, 3.8) is 0 Å². The van der Waals surface area contributed by atoms with Crippen molar-refractivity contribution in [2.45, 2.75) is 20.4 Å². The second kappa shape index (κ2) is 6.87. The van der Waals surface area contributed by atoms with Gasteiger partial charge in [-0.3, -0.25) is 9.59 Å². The zero-order valence-corrected chi connectivity index (χ0v) is 14.0. The number of pyridine rings is 1. The molecule has 1 heterocycles. The van der Waals surface area contributed by atoms with Crippen LogP contribution in [-0.4, -0.2) is 28.3 Å². The highest BCUT2D eigenvalue weighted by Gasteiger charge is 2.17. The molecule has 2 aromatic rings. The van der Waals surface area contributed by atoms with E-state index in [0.717, 1.165) is 0 Å². The Morgan fingerprint density at radius 1 is 1.27 bits per heavy atom. The van der Waals surface area contributed by atoms with Crippen LogP contribution in [0.1, 0.15) is 34.6 Å². The van der Waals surface area contributed by atoms with Crippen molar-refractivity contribution >= 4 is 38.6 Å². The molecule has 1 aromatic heterocycles. The molecule has 0 bridgehead atoms. The molecular weight excluding hydrogens is 350 g/mol. The Hall–Kier alpha value is -1.95. The van der Waals surface area contributed by atoms with Crippen molar-refractivity contribution < 1.29 is 14.3 Å². The summed E-state index contributed by atoms with van der Waals surface area (Å²) in [4.78, 5) is 36.2. The number of hydrogen-bond donors (Lipinski definition) is 0. The van der Waals surface area contributed by atoms with E-state index in [-0.39, 0.29) is 28.7 Å². The SMILES string of the molecule is CCOC(=O)c1cn(CC)c2cc(C(=O)CBr)ccc2c1=O. The first kappa shape index (κ1) is 16.4. The lowest BCUT2D eigenvalue weighted by Crippen LogP contribution is -2.21. The van der Waals surface area contributed by atoms with Gasteiger partial charge in [-0.2, -0.15) is 0 Å². The van der Waals surface area contributed by atoms with Gasteiger partial charge in [-0.25, -0.2) is 4.79 Å². The number of carbonyl (C=O) groups is 2. The fraction of sp³-hybridized carbons (Fsp3) is 0.312. The number of carbonyl (C=O) groups excluding carboxylic acids is 2. The predicted molar refractivity (Wildman–Crippen MR) is 88.0 cm³/mol. The third-order valence-electron chi connectivity index (χ3n) is 3.36. The third kappa shape index (κ3) is 2.97. The highest BCUT2D eigenvalue weighted by molar-refractivity contribution is 9.09. The largest absolute Gasteiger partial charge is 0.462 e. The van der Waals surface area contributed by atoms with Crippen LogP contribution in [0.5, 0.6) is 0 Å². The standard InChI is InChI=1S/C16H16BrNO4/c1-3-18-9-12(16(21)22-4-2)15(20)11-6-5-10(7-13(11)18)14(19)8-17/h5-7,9H,3-4,8H2,1-2H3. The van der Waals surface area contributed by atoms with Crippen LogP contribution in [0.25, 0.3) is 10.9 Å². The second-order valence-electron chi connectivity index (χ2n) is 4.67. The van der Waals surface area contributed by atoms with Crippen LogP contribution in [0.3, 0.4) is 0 Å². The maximum absolute atomic E-state index is 12.5. The van der Waals surface area contributed by atoms with E-state index in [4.69, 9.17) is 4.74 Å². The Balaban J connectivity index is 2.72.